The van der Waals surface area contributed by atoms with Crippen LogP contribution < -0.4 is 0 Å². The number of benzene rings is 1. The Kier molecular flexibility index (Phi) is 3.11. The topological polar surface area (TPSA) is 85.0 Å². The fraction of sp³-hybridized carbons (Fsp3) is 0. The summed E-state index contributed by atoms with van der Waals surface area (Å²) in [5, 5.41) is 17.6. The third-order valence-corrected chi connectivity index (χ3v) is 3.23. The van der Waals surface area contributed by atoms with Crippen LogP contribution in [0.4, 0.5) is 5.88 Å². The lowest BCUT2D eigenvalue weighted by Crippen LogP contribution is -1.82. The van der Waals surface area contributed by atoms with Gasteiger partial charge in [-0.05, 0) is 24.3 Å². The molecular formula is C13H8BrN3O3. The van der Waals surface area contributed by atoms with Gasteiger partial charge in [0.1, 0.15) is 10.6 Å². The third-order valence-electron chi connectivity index (χ3n) is 2.74. The lowest BCUT2D eigenvalue weighted by Gasteiger charge is -1.95. The predicted molar refractivity (Wildman–Crippen MR) is 76.1 cm³/mol. The van der Waals surface area contributed by atoms with Crippen LogP contribution >= 0.6 is 15.9 Å². The summed E-state index contributed by atoms with van der Waals surface area (Å²) < 4.78 is 6.08. The van der Waals surface area contributed by atoms with Gasteiger partial charge in [0, 0.05) is 10.0 Å². The van der Waals surface area contributed by atoms with Crippen molar-refractivity contribution in [2.75, 3.05) is 0 Å². The standard InChI is InChI=1S/C13H8BrN3O3/c14-9-3-1-2-8(6-9)10-7-11(16-15-10)12-4-5-13(20-12)17(18)19/h1-7H,(H,15,16). The number of rotatable bonds is 3. The average molecular weight is 334 g/mol. The highest BCUT2D eigenvalue weighted by molar-refractivity contribution is 9.10. The Morgan fingerprint density at radius 1 is 1.25 bits per heavy atom. The first-order valence-electron chi connectivity index (χ1n) is 5.69. The Labute approximate surface area is 121 Å². The molecule has 3 aromatic rings. The Morgan fingerprint density at radius 2 is 2.10 bits per heavy atom. The molecule has 1 N–H and O–H groups in total. The zero-order chi connectivity index (χ0) is 14.1. The summed E-state index contributed by atoms with van der Waals surface area (Å²) in [6, 6.07) is 12.3. The van der Waals surface area contributed by atoms with Crippen molar-refractivity contribution in [1.29, 1.82) is 0 Å². The number of halogens is 1. The van der Waals surface area contributed by atoms with Gasteiger partial charge in [-0.25, -0.2) is 0 Å². The number of aromatic amines is 1. The fourth-order valence-corrected chi connectivity index (χ4v) is 2.21. The van der Waals surface area contributed by atoms with E-state index in [2.05, 4.69) is 26.1 Å². The second-order valence-corrected chi connectivity index (χ2v) is 4.99. The number of nitrogens with one attached hydrogen (secondary N) is 1. The summed E-state index contributed by atoms with van der Waals surface area (Å²) in [7, 11) is 0. The molecule has 6 nitrogen and oxygen atoms in total. The van der Waals surface area contributed by atoms with E-state index in [0.717, 1.165) is 15.7 Å². The van der Waals surface area contributed by atoms with E-state index < -0.39 is 4.92 Å². The molecular weight excluding hydrogens is 326 g/mol. The molecule has 2 aromatic heterocycles. The van der Waals surface area contributed by atoms with Crippen LogP contribution in [0.5, 0.6) is 0 Å². The van der Waals surface area contributed by atoms with E-state index in [1.165, 1.54) is 12.1 Å². The lowest BCUT2D eigenvalue weighted by molar-refractivity contribution is -0.401. The number of nitrogens with zero attached hydrogens (tertiary/aromatic N) is 2. The second kappa shape index (κ2) is 4.93. The van der Waals surface area contributed by atoms with Crippen molar-refractivity contribution in [3.63, 3.8) is 0 Å². The maximum atomic E-state index is 10.6. The molecule has 2 heterocycles. The van der Waals surface area contributed by atoms with E-state index in [-0.39, 0.29) is 5.88 Å². The number of hydrogen-bond donors (Lipinski definition) is 1. The minimum Gasteiger partial charge on any atom is -0.399 e. The quantitative estimate of drug-likeness (QED) is 0.579. The van der Waals surface area contributed by atoms with Crippen molar-refractivity contribution < 1.29 is 9.34 Å². The molecule has 0 radical (unpaired) electrons. The number of aromatic nitrogens is 2. The van der Waals surface area contributed by atoms with Gasteiger partial charge in [0.2, 0.25) is 0 Å². The third kappa shape index (κ3) is 2.35. The van der Waals surface area contributed by atoms with E-state index in [9.17, 15) is 10.1 Å². The van der Waals surface area contributed by atoms with Crippen molar-refractivity contribution in [3.05, 3.63) is 57.1 Å². The number of hydrogen-bond acceptors (Lipinski definition) is 4. The van der Waals surface area contributed by atoms with Crippen LogP contribution in [-0.4, -0.2) is 15.1 Å². The van der Waals surface area contributed by atoms with Crippen LogP contribution in [0.2, 0.25) is 0 Å². The zero-order valence-corrected chi connectivity index (χ0v) is 11.6. The molecule has 0 saturated carbocycles. The molecule has 0 aliphatic rings. The van der Waals surface area contributed by atoms with E-state index in [1.54, 1.807) is 6.07 Å². The smallest absolute Gasteiger partial charge is 0.399 e. The van der Waals surface area contributed by atoms with Crippen molar-refractivity contribution in [2.45, 2.75) is 0 Å². The average Bonchev–Trinajstić information content (AvgIpc) is 3.08. The van der Waals surface area contributed by atoms with Gasteiger partial charge in [-0.2, -0.15) is 5.10 Å². The van der Waals surface area contributed by atoms with Gasteiger partial charge in [0.25, 0.3) is 0 Å². The lowest BCUT2D eigenvalue weighted by atomic mass is 10.1. The summed E-state index contributed by atoms with van der Waals surface area (Å²) in [4.78, 5) is 10.0. The van der Waals surface area contributed by atoms with E-state index in [0.29, 0.717) is 11.5 Å². The maximum Gasteiger partial charge on any atom is 0.433 e. The van der Waals surface area contributed by atoms with Crippen LogP contribution in [0.15, 0.2) is 51.4 Å². The first-order chi connectivity index (χ1) is 9.63. The highest BCUT2D eigenvalue weighted by Crippen LogP contribution is 2.28. The largest absolute Gasteiger partial charge is 0.433 e. The molecule has 100 valence electrons. The molecule has 0 bridgehead atoms. The Bertz CT molecular complexity index is 779. The van der Waals surface area contributed by atoms with Crippen LogP contribution in [0.25, 0.3) is 22.7 Å². The Balaban J connectivity index is 1.95. The SMILES string of the molecule is O=[N+]([O-])c1ccc(-c2cc(-c3cccc(Br)c3)n[nH]2)o1. The van der Waals surface area contributed by atoms with E-state index in [4.69, 9.17) is 4.42 Å². The maximum absolute atomic E-state index is 10.6. The number of nitro groups is 1. The molecule has 0 saturated heterocycles. The molecule has 0 aliphatic heterocycles. The molecule has 0 unspecified atom stereocenters. The summed E-state index contributed by atoms with van der Waals surface area (Å²) in [6.45, 7) is 0. The van der Waals surface area contributed by atoms with Crippen molar-refractivity contribution in [2.24, 2.45) is 0 Å². The number of furan rings is 1. The normalized spacial score (nSPS) is 10.7. The monoisotopic (exact) mass is 333 g/mol. The highest BCUT2D eigenvalue weighted by atomic mass is 79.9. The summed E-state index contributed by atoms with van der Waals surface area (Å²) in [5.41, 5.74) is 2.26. The predicted octanol–water partition coefficient (Wildman–Crippen LogP) is 4.01. The summed E-state index contributed by atoms with van der Waals surface area (Å²) in [5.74, 6) is 0.0871. The van der Waals surface area contributed by atoms with Crippen LogP contribution in [0, 0.1) is 10.1 Å². The Hall–Kier alpha value is -2.41. The molecule has 20 heavy (non-hydrogen) atoms. The molecule has 1 aromatic carbocycles. The highest BCUT2D eigenvalue weighted by Gasteiger charge is 2.15. The van der Waals surface area contributed by atoms with E-state index in [1.807, 2.05) is 24.3 Å². The van der Waals surface area contributed by atoms with E-state index >= 15 is 0 Å². The van der Waals surface area contributed by atoms with Crippen LogP contribution in [0.3, 0.4) is 0 Å². The Morgan fingerprint density at radius 3 is 2.80 bits per heavy atom. The second-order valence-electron chi connectivity index (χ2n) is 4.07. The van der Waals surface area contributed by atoms with Gasteiger partial charge in [-0.1, -0.05) is 28.1 Å². The molecule has 7 heteroatoms. The van der Waals surface area contributed by atoms with Crippen molar-refractivity contribution >= 4 is 21.8 Å². The van der Waals surface area contributed by atoms with Gasteiger partial charge in [0.05, 0.1) is 11.8 Å². The first kappa shape index (κ1) is 12.6. The zero-order valence-electron chi connectivity index (χ0n) is 10.0. The van der Waals surface area contributed by atoms with Gasteiger partial charge in [-0.3, -0.25) is 15.2 Å². The molecule has 0 amide bonds. The molecule has 0 spiro atoms. The summed E-state index contributed by atoms with van der Waals surface area (Å²) in [6.07, 6.45) is 0. The van der Waals surface area contributed by atoms with Gasteiger partial charge in [0.15, 0.2) is 5.76 Å². The first-order valence-corrected chi connectivity index (χ1v) is 6.49. The van der Waals surface area contributed by atoms with Gasteiger partial charge in [-0.15, -0.1) is 0 Å². The molecule has 0 aliphatic carbocycles. The van der Waals surface area contributed by atoms with Gasteiger partial charge >= 0.3 is 5.88 Å². The molecule has 3 rings (SSSR count). The van der Waals surface area contributed by atoms with Crippen molar-refractivity contribution in [3.8, 4) is 22.7 Å². The minimum absolute atomic E-state index is 0.293. The van der Waals surface area contributed by atoms with Crippen molar-refractivity contribution in [1.82, 2.24) is 10.2 Å². The van der Waals surface area contributed by atoms with Crippen LogP contribution in [0.1, 0.15) is 0 Å². The van der Waals surface area contributed by atoms with Gasteiger partial charge < -0.3 is 4.42 Å². The summed E-state index contributed by atoms with van der Waals surface area (Å²) >= 11 is 3.40. The fourth-order valence-electron chi connectivity index (χ4n) is 1.81. The molecule has 0 atom stereocenters. The minimum atomic E-state index is -0.574. The molecule has 0 fully saturated rings. The number of H-pyrrole nitrogens is 1. The van der Waals surface area contributed by atoms with Crippen LogP contribution in [-0.2, 0) is 0 Å².